The summed E-state index contributed by atoms with van der Waals surface area (Å²) < 4.78 is 14.7. The number of alkyl carbamates (subject to hydrolysis) is 1. The zero-order chi connectivity index (χ0) is 13.8. The minimum atomic E-state index is -0.684. The molecule has 0 aliphatic carbocycles. The van der Waals surface area contributed by atoms with E-state index >= 15 is 0 Å². The molecule has 6 heteroatoms. The van der Waals surface area contributed by atoms with E-state index in [-0.39, 0.29) is 0 Å². The van der Waals surface area contributed by atoms with Crippen LogP contribution in [0.15, 0.2) is 12.2 Å². The molecule has 1 rings (SSSR count). The molecular formula is C12H19NO5. The summed E-state index contributed by atoms with van der Waals surface area (Å²) in [4.78, 5) is 22.7. The number of carbonyl (C=O) groups is 2. The van der Waals surface area contributed by atoms with Gasteiger partial charge in [-0.05, 0) is 26.8 Å². The maximum Gasteiger partial charge on any atom is 0.408 e. The van der Waals surface area contributed by atoms with Gasteiger partial charge in [0.1, 0.15) is 11.1 Å². The maximum absolute atomic E-state index is 11.6. The molecule has 0 aromatic heterocycles. The number of esters is 1. The van der Waals surface area contributed by atoms with Crippen LogP contribution in [0, 0.1) is 0 Å². The topological polar surface area (TPSA) is 73.9 Å². The lowest BCUT2D eigenvalue weighted by Crippen LogP contribution is -2.61. The van der Waals surface area contributed by atoms with Crippen molar-refractivity contribution in [2.75, 3.05) is 20.3 Å². The SMILES string of the molecule is COC(=O)/C=C/C1(NC(=O)OC(C)(C)C)COC1. The van der Waals surface area contributed by atoms with Gasteiger partial charge in [-0.1, -0.05) is 0 Å². The summed E-state index contributed by atoms with van der Waals surface area (Å²) in [5, 5.41) is 2.69. The van der Waals surface area contributed by atoms with Crippen LogP contribution in [0.2, 0.25) is 0 Å². The Morgan fingerprint density at radius 2 is 1.94 bits per heavy atom. The van der Waals surface area contributed by atoms with Crippen LogP contribution in [0.1, 0.15) is 20.8 Å². The Hall–Kier alpha value is -1.56. The molecule has 0 radical (unpaired) electrons. The molecule has 0 bridgehead atoms. The number of hydrogen-bond acceptors (Lipinski definition) is 5. The van der Waals surface area contributed by atoms with E-state index in [2.05, 4.69) is 10.1 Å². The second-order valence-corrected chi connectivity index (χ2v) is 5.13. The van der Waals surface area contributed by atoms with Gasteiger partial charge in [0.25, 0.3) is 0 Å². The van der Waals surface area contributed by atoms with Crippen LogP contribution in [0.5, 0.6) is 0 Å². The molecule has 0 unspecified atom stereocenters. The van der Waals surface area contributed by atoms with Crippen LogP contribution in [0.3, 0.4) is 0 Å². The number of nitrogens with one attached hydrogen (secondary N) is 1. The molecule has 0 aromatic carbocycles. The number of carbonyl (C=O) groups excluding carboxylic acids is 2. The minimum Gasteiger partial charge on any atom is -0.466 e. The quantitative estimate of drug-likeness (QED) is 0.603. The highest BCUT2D eigenvalue weighted by Gasteiger charge is 2.39. The summed E-state index contributed by atoms with van der Waals surface area (Å²) in [5.74, 6) is -0.479. The van der Waals surface area contributed by atoms with Gasteiger partial charge in [0.15, 0.2) is 0 Å². The summed E-state index contributed by atoms with van der Waals surface area (Å²) in [6.07, 6.45) is 2.28. The van der Waals surface area contributed by atoms with Gasteiger partial charge in [0.05, 0.1) is 20.3 Å². The fourth-order valence-electron chi connectivity index (χ4n) is 1.33. The van der Waals surface area contributed by atoms with Gasteiger partial charge < -0.3 is 19.5 Å². The fourth-order valence-corrected chi connectivity index (χ4v) is 1.33. The van der Waals surface area contributed by atoms with Gasteiger partial charge in [-0.2, -0.15) is 0 Å². The molecule has 0 atom stereocenters. The number of hydrogen-bond donors (Lipinski definition) is 1. The van der Waals surface area contributed by atoms with E-state index < -0.39 is 23.2 Å². The molecule has 1 aliphatic rings. The highest BCUT2D eigenvalue weighted by molar-refractivity contribution is 5.82. The molecule has 1 saturated heterocycles. The average molecular weight is 257 g/mol. The van der Waals surface area contributed by atoms with Crippen LogP contribution in [-0.2, 0) is 19.0 Å². The standard InChI is InChI=1S/C12H19NO5/c1-11(2,3)18-10(15)13-12(7-17-8-12)6-5-9(14)16-4/h5-6H,7-8H2,1-4H3,(H,13,15)/b6-5+. The molecule has 1 amide bonds. The van der Waals surface area contributed by atoms with Crippen molar-refractivity contribution >= 4 is 12.1 Å². The Morgan fingerprint density at radius 1 is 1.33 bits per heavy atom. The molecular weight excluding hydrogens is 238 g/mol. The number of ether oxygens (including phenoxy) is 3. The molecule has 1 heterocycles. The van der Waals surface area contributed by atoms with Gasteiger partial charge in [0, 0.05) is 6.08 Å². The zero-order valence-corrected chi connectivity index (χ0v) is 11.1. The second kappa shape index (κ2) is 5.39. The van der Waals surface area contributed by atoms with Gasteiger partial charge in [-0.3, -0.25) is 0 Å². The van der Waals surface area contributed by atoms with Crippen molar-refractivity contribution in [2.24, 2.45) is 0 Å². The number of methoxy groups -OCH3 is 1. The summed E-state index contributed by atoms with van der Waals surface area (Å²) >= 11 is 0. The van der Waals surface area contributed by atoms with Crippen molar-refractivity contribution in [3.05, 3.63) is 12.2 Å². The average Bonchev–Trinajstić information content (AvgIpc) is 2.18. The van der Waals surface area contributed by atoms with E-state index in [0.29, 0.717) is 13.2 Å². The lowest BCUT2D eigenvalue weighted by molar-refractivity contribution is -0.135. The third-order valence-electron chi connectivity index (χ3n) is 2.21. The Balaban J connectivity index is 2.58. The summed E-state index contributed by atoms with van der Waals surface area (Å²) in [7, 11) is 1.29. The van der Waals surface area contributed by atoms with E-state index in [9.17, 15) is 9.59 Å². The van der Waals surface area contributed by atoms with E-state index in [1.54, 1.807) is 26.8 Å². The fraction of sp³-hybridized carbons (Fsp3) is 0.667. The molecule has 1 N–H and O–H groups in total. The second-order valence-electron chi connectivity index (χ2n) is 5.13. The predicted octanol–water partition coefficient (Wildman–Crippen LogP) is 1.01. The van der Waals surface area contributed by atoms with Crippen molar-refractivity contribution in [3.63, 3.8) is 0 Å². The lowest BCUT2D eigenvalue weighted by Gasteiger charge is -2.39. The number of amides is 1. The van der Waals surface area contributed by atoms with Gasteiger partial charge >= 0.3 is 12.1 Å². The van der Waals surface area contributed by atoms with Crippen LogP contribution in [0.4, 0.5) is 4.79 Å². The largest absolute Gasteiger partial charge is 0.466 e. The monoisotopic (exact) mass is 257 g/mol. The van der Waals surface area contributed by atoms with Gasteiger partial charge in [0.2, 0.25) is 0 Å². The van der Waals surface area contributed by atoms with Crippen LogP contribution >= 0.6 is 0 Å². The first-order chi connectivity index (χ1) is 8.26. The first-order valence-electron chi connectivity index (χ1n) is 5.62. The van der Waals surface area contributed by atoms with Crippen LogP contribution < -0.4 is 5.32 Å². The Morgan fingerprint density at radius 3 is 2.33 bits per heavy atom. The molecule has 1 aliphatic heterocycles. The molecule has 0 saturated carbocycles. The first kappa shape index (κ1) is 14.5. The number of rotatable bonds is 3. The summed E-state index contributed by atoms with van der Waals surface area (Å²) in [6, 6.07) is 0. The third kappa shape index (κ3) is 4.37. The van der Waals surface area contributed by atoms with Crippen molar-refractivity contribution in [3.8, 4) is 0 Å². The smallest absolute Gasteiger partial charge is 0.408 e. The lowest BCUT2D eigenvalue weighted by atomic mass is 9.97. The first-order valence-corrected chi connectivity index (χ1v) is 5.62. The predicted molar refractivity (Wildman–Crippen MR) is 64.1 cm³/mol. The van der Waals surface area contributed by atoms with E-state index in [1.165, 1.54) is 13.2 Å². The van der Waals surface area contributed by atoms with E-state index in [1.807, 2.05) is 0 Å². The van der Waals surface area contributed by atoms with Crippen LogP contribution in [-0.4, -0.2) is 43.5 Å². The molecule has 6 nitrogen and oxygen atoms in total. The van der Waals surface area contributed by atoms with Crippen molar-refractivity contribution in [1.82, 2.24) is 5.32 Å². The minimum absolute atomic E-state index is 0.305. The van der Waals surface area contributed by atoms with Crippen LogP contribution in [0.25, 0.3) is 0 Å². The van der Waals surface area contributed by atoms with Crippen molar-refractivity contribution < 1.29 is 23.8 Å². The zero-order valence-electron chi connectivity index (χ0n) is 11.1. The summed E-state index contributed by atoms with van der Waals surface area (Å²) in [5.41, 5.74) is -1.25. The van der Waals surface area contributed by atoms with E-state index in [4.69, 9.17) is 9.47 Å². The Labute approximate surface area is 106 Å². The van der Waals surface area contributed by atoms with Crippen molar-refractivity contribution in [2.45, 2.75) is 31.9 Å². The Bertz CT molecular complexity index is 352. The Kier molecular flexibility index (Phi) is 4.34. The summed E-state index contributed by atoms with van der Waals surface area (Å²) in [6.45, 7) is 5.95. The molecule has 0 spiro atoms. The molecule has 102 valence electrons. The van der Waals surface area contributed by atoms with E-state index in [0.717, 1.165) is 0 Å². The normalized spacial score (nSPS) is 18.0. The van der Waals surface area contributed by atoms with Gasteiger partial charge in [-0.25, -0.2) is 9.59 Å². The van der Waals surface area contributed by atoms with Gasteiger partial charge in [-0.15, -0.1) is 0 Å². The molecule has 1 fully saturated rings. The maximum atomic E-state index is 11.6. The highest BCUT2D eigenvalue weighted by Crippen LogP contribution is 2.19. The molecule has 0 aromatic rings. The molecule has 18 heavy (non-hydrogen) atoms. The van der Waals surface area contributed by atoms with Crippen molar-refractivity contribution in [1.29, 1.82) is 0 Å². The third-order valence-corrected chi connectivity index (χ3v) is 2.21. The highest BCUT2D eigenvalue weighted by atomic mass is 16.6.